The Balaban J connectivity index is 4.09. The van der Waals surface area contributed by atoms with Crippen LogP contribution in [0.4, 0.5) is 0 Å². The number of carboxylic acid groups (broad SMARTS) is 1. The molecule has 0 aromatic carbocycles. The number of primary amides is 1. The lowest BCUT2D eigenvalue weighted by Gasteiger charge is -2.14. The molecule has 1 atom stereocenters. The molecule has 0 saturated heterocycles. The lowest BCUT2D eigenvalue weighted by atomic mass is 10.1. The van der Waals surface area contributed by atoms with Crippen LogP contribution >= 0.6 is 0 Å². The van der Waals surface area contributed by atoms with Crippen LogP contribution < -0.4 is 11.1 Å². The van der Waals surface area contributed by atoms with E-state index < -0.39 is 23.8 Å². The average molecular weight is 340 g/mol. The zero-order valence-corrected chi connectivity index (χ0v) is 15.0. The number of unbranched alkanes of at least 4 members (excludes halogenated alkanes) is 7. The fraction of sp³-hybridized carbons (Fsp3) is 0.722. The van der Waals surface area contributed by atoms with E-state index in [0.717, 1.165) is 19.3 Å². The van der Waals surface area contributed by atoms with Crippen molar-refractivity contribution in [3.05, 3.63) is 11.6 Å². The van der Waals surface area contributed by atoms with Gasteiger partial charge in [0.2, 0.25) is 11.8 Å². The number of hydrogen-bond donors (Lipinski definition) is 3. The highest BCUT2D eigenvalue weighted by atomic mass is 16.4. The van der Waals surface area contributed by atoms with E-state index in [9.17, 15) is 14.4 Å². The maximum absolute atomic E-state index is 12.0. The normalized spacial score (nSPS) is 12.7. The highest BCUT2D eigenvalue weighted by molar-refractivity contribution is 5.95. The molecule has 0 spiro atoms. The highest BCUT2D eigenvalue weighted by Gasteiger charge is 2.20. The van der Waals surface area contributed by atoms with Crippen molar-refractivity contribution < 1.29 is 19.5 Å². The minimum Gasteiger partial charge on any atom is -0.480 e. The first-order valence-electron chi connectivity index (χ1n) is 8.87. The summed E-state index contributed by atoms with van der Waals surface area (Å²) in [5.41, 5.74) is 5.51. The molecule has 138 valence electrons. The van der Waals surface area contributed by atoms with Crippen LogP contribution in [-0.4, -0.2) is 28.9 Å². The summed E-state index contributed by atoms with van der Waals surface area (Å²) >= 11 is 0. The van der Waals surface area contributed by atoms with Gasteiger partial charge in [0.1, 0.15) is 6.04 Å². The lowest BCUT2D eigenvalue weighted by molar-refractivity contribution is -0.141. The van der Waals surface area contributed by atoms with Gasteiger partial charge in [-0.2, -0.15) is 0 Å². The predicted octanol–water partition coefficient (Wildman–Crippen LogP) is 2.91. The number of rotatable bonds is 14. The zero-order valence-electron chi connectivity index (χ0n) is 15.0. The van der Waals surface area contributed by atoms with E-state index in [1.807, 2.05) is 6.08 Å². The number of aliphatic carboxylic acids is 1. The molecule has 1 unspecified atom stereocenters. The minimum absolute atomic E-state index is 0.00144. The Morgan fingerprint density at radius 3 is 2.21 bits per heavy atom. The van der Waals surface area contributed by atoms with Gasteiger partial charge in [0.05, 0.1) is 0 Å². The summed E-state index contributed by atoms with van der Waals surface area (Å²) in [6.07, 6.45) is 11.1. The maximum Gasteiger partial charge on any atom is 0.326 e. The fourth-order valence-corrected chi connectivity index (χ4v) is 2.33. The average Bonchev–Trinajstić information content (AvgIpc) is 2.52. The molecule has 0 aromatic heterocycles. The molecule has 6 heteroatoms. The Hall–Kier alpha value is -1.85. The molecule has 0 radical (unpaired) electrons. The summed E-state index contributed by atoms with van der Waals surface area (Å²) in [7, 11) is 0. The predicted molar refractivity (Wildman–Crippen MR) is 94.4 cm³/mol. The van der Waals surface area contributed by atoms with E-state index >= 15 is 0 Å². The van der Waals surface area contributed by atoms with Crippen LogP contribution in [0.3, 0.4) is 0 Å². The van der Waals surface area contributed by atoms with Crippen molar-refractivity contribution in [2.45, 2.75) is 84.1 Å². The van der Waals surface area contributed by atoms with Crippen molar-refractivity contribution in [1.82, 2.24) is 5.32 Å². The second-order valence-electron chi connectivity index (χ2n) is 6.17. The van der Waals surface area contributed by atoms with E-state index in [0.29, 0.717) is 5.57 Å². The zero-order chi connectivity index (χ0) is 18.4. The van der Waals surface area contributed by atoms with Gasteiger partial charge in [-0.25, -0.2) is 4.79 Å². The van der Waals surface area contributed by atoms with Crippen molar-refractivity contribution in [1.29, 1.82) is 0 Å². The van der Waals surface area contributed by atoms with Crippen LogP contribution in [0, 0.1) is 0 Å². The van der Waals surface area contributed by atoms with Gasteiger partial charge >= 0.3 is 5.97 Å². The van der Waals surface area contributed by atoms with Gasteiger partial charge in [0, 0.05) is 12.0 Å². The standard InChI is InChI=1S/C18H32N2O4/c1-3-4-5-6-7-8-9-10-11-14(2)17(22)20-15(18(23)24)12-13-16(19)21/h11,15H,3-10,12-13H2,1-2H3,(H2,19,21)(H,20,22)(H,23,24)/b14-11+. The second kappa shape index (κ2) is 13.6. The first kappa shape index (κ1) is 22.1. The molecule has 0 aliphatic carbocycles. The third-order valence-electron chi connectivity index (χ3n) is 3.90. The van der Waals surface area contributed by atoms with Gasteiger partial charge in [-0.1, -0.05) is 51.5 Å². The SMILES string of the molecule is CCCCCCCCC/C=C(\C)C(=O)NC(CCC(N)=O)C(=O)O. The first-order chi connectivity index (χ1) is 11.4. The smallest absolute Gasteiger partial charge is 0.326 e. The summed E-state index contributed by atoms with van der Waals surface area (Å²) in [6, 6.07) is -1.09. The van der Waals surface area contributed by atoms with Crippen LogP contribution in [0.25, 0.3) is 0 Å². The number of carbonyl (C=O) groups excluding carboxylic acids is 2. The summed E-state index contributed by atoms with van der Waals surface area (Å²) in [4.78, 5) is 33.8. The number of hydrogen-bond acceptors (Lipinski definition) is 3. The summed E-state index contributed by atoms with van der Waals surface area (Å²) in [5.74, 6) is -2.15. The summed E-state index contributed by atoms with van der Waals surface area (Å²) < 4.78 is 0. The summed E-state index contributed by atoms with van der Waals surface area (Å²) in [6.45, 7) is 3.87. The van der Waals surface area contributed by atoms with Crippen LogP contribution in [0.15, 0.2) is 11.6 Å². The van der Waals surface area contributed by atoms with Crippen LogP contribution in [-0.2, 0) is 14.4 Å². The van der Waals surface area contributed by atoms with Crippen LogP contribution in [0.5, 0.6) is 0 Å². The third kappa shape index (κ3) is 11.7. The molecule has 2 amide bonds. The minimum atomic E-state index is -1.16. The molecule has 0 aliphatic heterocycles. The highest BCUT2D eigenvalue weighted by Crippen LogP contribution is 2.10. The molecule has 24 heavy (non-hydrogen) atoms. The van der Waals surface area contributed by atoms with Crippen LogP contribution in [0.2, 0.25) is 0 Å². The van der Waals surface area contributed by atoms with E-state index in [2.05, 4.69) is 12.2 Å². The summed E-state index contributed by atoms with van der Waals surface area (Å²) in [5, 5.41) is 11.5. The van der Waals surface area contributed by atoms with Crippen molar-refractivity contribution >= 4 is 17.8 Å². The van der Waals surface area contributed by atoms with Gasteiger partial charge in [-0.05, 0) is 26.2 Å². The Labute approximate surface area is 144 Å². The van der Waals surface area contributed by atoms with E-state index in [1.54, 1.807) is 6.92 Å². The van der Waals surface area contributed by atoms with Crippen molar-refractivity contribution in [3.63, 3.8) is 0 Å². The van der Waals surface area contributed by atoms with Gasteiger partial charge < -0.3 is 16.2 Å². The van der Waals surface area contributed by atoms with Crippen LogP contribution in [0.1, 0.15) is 78.1 Å². The van der Waals surface area contributed by atoms with Crippen molar-refractivity contribution in [2.24, 2.45) is 5.73 Å². The number of carbonyl (C=O) groups is 3. The largest absolute Gasteiger partial charge is 0.480 e. The number of carboxylic acids is 1. The van der Waals surface area contributed by atoms with E-state index in [4.69, 9.17) is 10.8 Å². The number of nitrogens with two attached hydrogens (primary N) is 1. The van der Waals surface area contributed by atoms with Gasteiger partial charge in [0.25, 0.3) is 0 Å². The topological polar surface area (TPSA) is 109 Å². The second-order valence-corrected chi connectivity index (χ2v) is 6.17. The number of allylic oxidation sites excluding steroid dienone is 1. The Kier molecular flexibility index (Phi) is 12.5. The van der Waals surface area contributed by atoms with Gasteiger partial charge in [-0.15, -0.1) is 0 Å². The lowest BCUT2D eigenvalue weighted by Crippen LogP contribution is -2.41. The monoisotopic (exact) mass is 340 g/mol. The molecule has 0 bridgehead atoms. The fourth-order valence-electron chi connectivity index (χ4n) is 2.33. The molecule has 0 fully saturated rings. The first-order valence-corrected chi connectivity index (χ1v) is 8.87. The molecule has 0 saturated carbocycles. The van der Waals surface area contributed by atoms with Crippen molar-refractivity contribution in [2.75, 3.05) is 0 Å². The molecular formula is C18H32N2O4. The van der Waals surface area contributed by atoms with Crippen molar-refractivity contribution in [3.8, 4) is 0 Å². The molecule has 0 aliphatic rings. The maximum atomic E-state index is 12.0. The van der Waals surface area contributed by atoms with Gasteiger partial charge in [0.15, 0.2) is 0 Å². The molecule has 0 aromatic rings. The Morgan fingerprint density at radius 2 is 1.67 bits per heavy atom. The van der Waals surface area contributed by atoms with E-state index in [1.165, 1.54) is 32.1 Å². The molecule has 0 heterocycles. The third-order valence-corrected chi connectivity index (χ3v) is 3.90. The number of nitrogens with one attached hydrogen (secondary N) is 1. The number of amides is 2. The molecule has 0 rings (SSSR count). The molecule has 4 N–H and O–H groups in total. The Morgan fingerprint density at radius 1 is 1.08 bits per heavy atom. The Bertz CT molecular complexity index is 433. The quantitative estimate of drug-likeness (QED) is 0.333. The van der Waals surface area contributed by atoms with Gasteiger partial charge in [-0.3, -0.25) is 9.59 Å². The molecular weight excluding hydrogens is 308 g/mol. The van der Waals surface area contributed by atoms with E-state index in [-0.39, 0.29) is 12.8 Å². The molecule has 6 nitrogen and oxygen atoms in total.